The van der Waals surface area contributed by atoms with E-state index in [0.717, 1.165) is 59.5 Å². The highest BCUT2D eigenvalue weighted by Crippen LogP contribution is 2.31. The molecule has 24 heavy (non-hydrogen) atoms. The number of primary amides is 1. The molecule has 0 saturated carbocycles. The number of ether oxygens (including phenoxy) is 1. The Morgan fingerprint density at radius 3 is 2.88 bits per heavy atom. The largest absolute Gasteiger partial charge is 0.378 e. The van der Waals surface area contributed by atoms with Crippen molar-refractivity contribution in [3.05, 3.63) is 34.4 Å². The van der Waals surface area contributed by atoms with Crippen molar-refractivity contribution >= 4 is 49.5 Å². The summed E-state index contributed by atoms with van der Waals surface area (Å²) in [5, 5.41) is 1.04. The van der Waals surface area contributed by atoms with Crippen molar-refractivity contribution < 1.29 is 9.53 Å². The van der Waals surface area contributed by atoms with E-state index in [4.69, 9.17) is 10.5 Å². The van der Waals surface area contributed by atoms with Gasteiger partial charge in [-0.05, 0) is 45.8 Å². The second kappa shape index (κ2) is 6.07. The van der Waals surface area contributed by atoms with E-state index in [1.165, 1.54) is 0 Å². The number of anilines is 1. The van der Waals surface area contributed by atoms with Crippen LogP contribution in [0.15, 0.2) is 28.9 Å². The first-order valence-electron chi connectivity index (χ1n) is 7.83. The number of carbonyl (C=O) groups is 1. The number of rotatable bonds is 3. The summed E-state index contributed by atoms with van der Waals surface area (Å²) in [6.45, 7) is 3.29. The zero-order valence-electron chi connectivity index (χ0n) is 13.0. The zero-order valence-corrected chi connectivity index (χ0v) is 14.6. The van der Waals surface area contributed by atoms with Gasteiger partial charge in [-0.1, -0.05) is 0 Å². The van der Waals surface area contributed by atoms with Gasteiger partial charge in [0.1, 0.15) is 4.60 Å². The Morgan fingerprint density at radius 2 is 2.12 bits per heavy atom. The van der Waals surface area contributed by atoms with Crippen LogP contribution in [0.25, 0.3) is 21.9 Å². The fourth-order valence-electron chi connectivity index (χ4n) is 3.22. The van der Waals surface area contributed by atoms with Gasteiger partial charge in [0.05, 0.1) is 36.2 Å². The van der Waals surface area contributed by atoms with Crippen LogP contribution in [0.1, 0.15) is 5.56 Å². The minimum absolute atomic E-state index is 0.181. The Bertz CT molecular complexity index is 931. The van der Waals surface area contributed by atoms with E-state index < -0.39 is 0 Å². The molecule has 1 amide bonds. The summed E-state index contributed by atoms with van der Waals surface area (Å²) in [7, 11) is 0. The van der Waals surface area contributed by atoms with Gasteiger partial charge in [-0.3, -0.25) is 4.79 Å². The third kappa shape index (κ3) is 2.74. The Kier molecular flexibility index (Phi) is 3.90. The zero-order chi connectivity index (χ0) is 16.7. The summed E-state index contributed by atoms with van der Waals surface area (Å²) in [5.74, 6) is -0.359. The van der Waals surface area contributed by atoms with Gasteiger partial charge >= 0.3 is 0 Å². The molecule has 3 heterocycles. The monoisotopic (exact) mass is 388 g/mol. The standard InChI is InChI=1S/C17H17BrN4O2/c18-14-7-10(8-15(19)23)16-17(21-14)12-2-1-11(9-13(12)20-16)22-3-5-24-6-4-22/h1-2,7,9,20H,3-6,8H2,(H2,19,23). The molecule has 2 aromatic heterocycles. The number of fused-ring (bicyclic) bond motifs is 3. The molecule has 4 rings (SSSR count). The number of carbonyl (C=O) groups excluding carboxylic acids is 1. The van der Waals surface area contributed by atoms with Crippen LogP contribution in [0.5, 0.6) is 0 Å². The Labute approximate surface area is 147 Å². The van der Waals surface area contributed by atoms with Gasteiger partial charge in [0.2, 0.25) is 5.91 Å². The molecule has 1 aromatic carbocycles. The molecule has 1 fully saturated rings. The molecule has 0 atom stereocenters. The highest BCUT2D eigenvalue weighted by Gasteiger charge is 2.16. The second-order valence-corrected chi connectivity index (χ2v) is 6.74. The highest BCUT2D eigenvalue weighted by molar-refractivity contribution is 9.10. The normalized spacial score (nSPS) is 15.3. The number of benzene rings is 1. The Morgan fingerprint density at radius 1 is 1.33 bits per heavy atom. The lowest BCUT2D eigenvalue weighted by Crippen LogP contribution is -2.36. The van der Waals surface area contributed by atoms with Crippen molar-refractivity contribution in [2.75, 3.05) is 31.2 Å². The SMILES string of the molecule is NC(=O)Cc1cc(Br)nc2c1[nH]c1cc(N3CCOCC3)ccc12. The van der Waals surface area contributed by atoms with Crippen LogP contribution >= 0.6 is 15.9 Å². The summed E-state index contributed by atoms with van der Waals surface area (Å²) >= 11 is 3.42. The number of amides is 1. The van der Waals surface area contributed by atoms with Crippen molar-refractivity contribution in [3.63, 3.8) is 0 Å². The summed E-state index contributed by atoms with van der Waals surface area (Å²) in [6, 6.07) is 8.15. The van der Waals surface area contributed by atoms with Gasteiger partial charge in [-0.15, -0.1) is 0 Å². The fraction of sp³-hybridized carbons (Fsp3) is 0.294. The molecule has 7 heteroatoms. The minimum Gasteiger partial charge on any atom is -0.378 e. The fourth-order valence-corrected chi connectivity index (χ4v) is 3.67. The molecule has 0 aliphatic carbocycles. The molecule has 3 aromatic rings. The third-order valence-electron chi connectivity index (χ3n) is 4.33. The van der Waals surface area contributed by atoms with Crippen molar-refractivity contribution in [2.24, 2.45) is 5.73 Å². The van der Waals surface area contributed by atoms with E-state index in [2.05, 4.69) is 49.0 Å². The average molecular weight is 389 g/mol. The van der Waals surface area contributed by atoms with Gasteiger partial charge in [0.15, 0.2) is 0 Å². The van der Waals surface area contributed by atoms with Crippen LogP contribution in [-0.2, 0) is 16.0 Å². The molecule has 0 bridgehead atoms. The number of aromatic amines is 1. The number of nitrogens with one attached hydrogen (secondary N) is 1. The van der Waals surface area contributed by atoms with Gasteiger partial charge in [0, 0.05) is 24.2 Å². The van der Waals surface area contributed by atoms with Gasteiger partial charge in [0.25, 0.3) is 0 Å². The summed E-state index contributed by atoms with van der Waals surface area (Å²) < 4.78 is 6.11. The van der Waals surface area contributed by atoms with Gasteiger partial charge in [-0.25, -0.2) is 4.98 Å². The number of H-pyrrole nitrogens is 1. The van der Waals surface area contributed by atoms with Crippen molar-refractivity contribution in [2.45, 2.75) is 6.42 Å². The molecule has 1 aliphatic rings. The smallest absolute Gasteiger partial charge is 0.221 e. The first-order chi connectivity index (χ1) is 11.6. The highest BCUT2D eigenvalue weighted by atomic mass is 79.9. The quantitative estimate of drug-likeness (QED) is 0.674. The van der Waals surface area contributed by atoms with E-state index in [-0.39, 0.29) is 12.3 Å². The molecule has 0 unspecified atom stereocenters. The lowest BCUT2D eigenvalue weighted by Gasteiger charge is -2.28. The number of pyridine rings is 1. The number of hydrogen-bond acceptors (Lipinski definition) is 4. The first-order valence-corrected chi connectivity index (χ1v) is 8.63. The number of nitrogens with zero attached hydrogens (tertiary/aromatic N) is 2. The molecular weight excluding hydrogens is 372 g/mol. The lowest BCUT2D eigenvalue weighted by atomic mass is 10.1. The number of morpholine rings is 1. The van der Waals surface area contributed by atoms with Crippen molar-refractivity contribution in [1.82, 2.24) is 9.97 Å². The van der Waals surface area contributed by atoms with Crippen LogP contribution in [0.3, 0.4) is 0 Å². The first kappa shape index (κ1) is 15.4. The number of aromatic nitrogens is 2. The van der Waals surface area contributed by atoms with E-state index in [0.29, 0.717) is 4.60 Å². The molecule has 1 saturated heterocycles. The Balaban J connectivity index is 1.85. The van der Waals surface area contributed by atoms with E-state index >= 15 is 0 Å². The molecule has 6 nitrogen and oxygen atoms in total. The topological polar surface area (TPSA) is 84.2 Å². The molecule has 0 radical (unpaired) electrons. The van der Waals surface area contributed by atoms with E-state index in [1.54, 1.807) is 0 Å². The van der Waals surface area contributed by atoms with Crippen LogP contribution < -0.4 is 10.6 Å². The van der Waals surface area contributed by atoms with Crippen molar-refractivity contribution in [3.8, 4) is 0 Å². The summed E-state index contributed by atoms with van der Waals surface area (Å²) in [5.41, 5.74) is 10.1. The Hall–Kier alpha value is -2.12. The molecule has 1 aliphatic heterocycles. The van der Waals surface area contributed by atoms with Crippen LogP contribution in [0.4, 0.5) is 5.69 Å². The van der Waals surface area contributed by atoms with E-state index in [1.807, 2.05) is 6.07 Å². The second-order valence-electron chi connectivity index (χ2n) is 5.93. The summed E-state index contributed by atoms with van der Waals surface area (Å²) in [4.78, 5) is 21.6. The summed E-state index contributed by atoms with van der Waals surface area (Å²) in [6.07, 6.45) is 0.181. The third-order valence-corrected chi connectivity index (χ3v) is 4.73. The number of hydrogen-bond donors (Lipinski definition) is 2. The minimum atomic E-state index is -0.359. The average Bonchev–Trinajstić information content (AvgIpc) is 2.93. The molecule has 124 valence electrons. The maximum absolute atomic E-state index is 11.4. The van der Waals surface area contributed by atoms with Crippen LogP contribution in [0.2, 0.25) is 0 Å². The predicted molar refractivity (Wildman–Crippen MR) is 97.2 cm³/mol. The lowest BCUT2D eigenvalue weighted by molar-refractivity contribution is -0.117. The predicted octanol–water partition coefficient (Wildman–Crippen LogP) is 2.34. The van der Waals surface area contributed by atoms with Crippen molar-refractivity contribution in [1.29, 1.82) is 0 Å². The molecule has 0 spiro atoms. The van der Waals surface area contributed by atoms with E-state index in [9.17, 15) is 4.79 Å². The maximum atomic E-state index is 11.4. The maximum Gasteiger partial charge on any atom is 0.221 e. The van der Waals surface area contributed by atoms with Gasteiger partial charge < -0.3 is 20.4 Å². The number of nitrogens with two attached hydrogens (primary N) is 1. The molecule has 3 N–H and O–H groups in total. The van der Waals surface area contributed by atoms with Crippen LogP contribution in [0, 0.1) is 0 Å². The molecular formula is C17H17BrN4O2. The number of halogens is 1. The van der Waals surface area contributed by atoms with Crippen LogP contribution in [-0.4, -0.2) is 42.2 Å². The van der Waals surface area contributed by atoms with Gasteiger partial charge in [-0.2, -0.15) is 0 Å².